The third-order valence-corrected chi connectivity index (χ3v) is 6.70. The molecular weight excluding hydrogens is 476 g/mol. The molecule has 0 aliphatic rings. The van der Waals surface area contributed by atoms with Gasteiger partial charge in [-0.1, -0.05) is 24.3 Å². The zero-order valence-corrected chi connectivity index (χ0v) is 15.0. The summed E-state index contributed by atoms with van der Waals surface area (Å²) >= 11 is 14.3. The summed E-state index contributed by atoms with van der Waals surface area (Å²) in [7, 11) is 0. The van der Waals surface area contributed by atoms with Crippen molar-refractivity contribution in [3.05, 3.63) is 65.4 Å². The second-order valence-corrected chi connectivity index (χ2v) is 6.90. The Morgan fingerprint density at radius 1 is 0.647 bits per heavy atom. The maximum absolute atomic E-state index is 3.61. The van der Waals surface area contributed by atoms with Crippen LogP contribution in [0.25, 0.3) is 0 Å². The lowest BCUT2D eigenvalue weighted by atomic mass is 10.1. The van der Waals surface area contributed by atoms with Gasteiger partial charge in [-0.05, 0) is 93.4 Å². The van der Waals surface area contributed by atoms with Gasteiger partial charge in [0.1, 0.15) is 0 Å². The molecule has 17 heavy (non-hydrogen) atoms. The van der Waals surface area contributed by atoms with Gasteiger partial charge >= 0.3 is 0 Å². The van der Waals surface area contributed by atoms with Crippen LogP contribution in [0.3, 0.4) is 0 Å². The fourth-order valence-electron chi connectivity index (χ4n) is 1.58. The van der Waals surface area contributed by atoms with Gasteiger partial charge in [0.25, 0.3) is 0 Å². The van der Waals surface area contributed by atoms with Gasteiger partial charge in [0.2, 0.25) is 0 Å². The van der Waals surface area contributed by atoms with E-state index in [4.69, 9.17) is 0 Å². The van der Waals surface area contributed by atoms with E-state index in [9.17, 15) is 0 Å². The number of rotatable bonds is 2. The first-order chi connectivity index (χ1) is 8.09. The molecule has 0 atom stereocenters. The summed E-state index contributed by atoms with van der Waals surface area (Å²) in [6, 6.07) is 12.4. The van der Waals surface area contributed by atoms with Gasteiger partial charge in [-0.25, -0.2) is 0 Å². The van der Waals surface area contributed by atoms with Crippen LogP contribution in [0.2, 0.25) is 0 Å². The Morgan fingerprint density at radius 2 is 1.06 bits per heavy atom. The predicted molar refractivity (Wildman–Crippen MR) is 86.5 cm³/mol. The van der Waals surface area contributed by atoms with Gasteiger partial charge in [0.05, 0.1) is 0 Å². The summed E-state index contributed by atoms with van der Waals surface area (Å²) < 4.78 is 4.40. The van der Waals surface area contributed by atoms with Crippen molar-refractivity contribution in [2.24, 2.45) is 0 Å². The van der Waals surface area contributed by atoms with Crippen LogP contribution in [-0.4, -0.2) is 0 Å². The topological polar surface area (TPSA) is 0 Å². The highest BCUT2D eigenvalue weighted by Gasteiger charge is 2.08. The molecule has 0 unspecified atom stereocenters. The van der Waals surface area contributed by atoms with E-state index in [0.29, 0.717) is 0 Å². The van der Waals surface area contributed by atoms with Crippen molar-refractivity contribution >= 4 is 63.7 Å². The van der Waals surface area contributed by atoms with Crippen LogP contribution in [0.15, 0.2) is 54.3 Å². The van der Waals surface area contributed by atoms with Gasteiger partial charge < -0.3 is 0 Å². The molecule has 0 radical (unpaired) electrons. The van der Waals surface area contributed by atoms with Crippen LogP contribution in [0.5, 0.6) is 0 Å². The van der Waals surface area contributed by atoms with Crippen molar-refractivity contribution in [3.63, 3.8) is 0 Å². The highest BCUT2D eigenvalue weighted by molar-refractivity contribution is 9.13. The lowest BCUT2D eigenvalue weighted by Gasteiger charge is -2.09. The minimum Gasteiger partial charge on any atom is -0.0608 e. The van der Waals surface area contributed by atoms with Gasteiger partial charge in [0, 0.05) is 17.9 Å². The lowest BCUT2D eigenvalue weighted by molar-refractivity contribution is 1.16. The zero-order chi connectivity index (χ0) is 12.4. The van der Waals surface area contributed by atoms with Gasteiger partial charge in [-0.2, -0.15) is 0 Å². The van der Waals surface area contributed by atoms with Crippen molar-refractivity contribution < 1.29 is 0 Å². The quantitative estimate of drug-likeness (QED) is 0.468. The van der Waals surface area contributed by atoms with Crippen molar-refractivity contribution in [1.82, 2.24) is 0 Å². The van der Waals surface area contributed by atoms with Crippen LogP contribution in [0, 0.1) is 0 Å². The smallest absolute Gasteiger partial charge is 0.0352 e. The first-order valence-corrected chi connectivity index (χ1v) is 8.12. The summed E-state index contributed by atoms with van der Waals surface area (Å²) in [6.45, 7) is 0. The fraction of sp³-hybridized carbons (Fsp3) is 0.0769. The van der Waals surface area contributed by atoms with E-state index in [-0.39, 0.29) is 0 Å². The Hall–Kier alpha value is 0.360. The predicted octanol–water partition coefficient (Wildman–Crippen LogP) is 6.33. The van der Waals surface area contributed by atoms with Crippen LogP contribution in [0.4, 0.5) is 0 Å². The Balaban J connectivity index is 2.38. The second kappa shape index (κ2) is 6.00. The number of hydrogen-bond donors (Lipinski definition) is 0. The highest BCUT2D eigenvalue weighted by atomic mass is 79.9. The van der Waals surface area contributed by atoms with Crippen LogP contribution < -0.4 is 0 Å². The molecule has 0 bridgehead atoms. The van der Waals surface area contributed by atoms with E-state index in [0.717, 1.165) is 24.3 Å². The monoisotopic (exact) mass is 480 g/mol. The van der Waals surface area contributed by atoms with Crippen molar-refractivity contribution in [2.75, 3.05) is 0 Å². The Kier molecular flexibility index (Phi) is 4.87. The summed E-state index contributed by atoms with van der Waals surface area (Å²) in [5, 5.41) is 0. The average molecular weight is 484 g/mol. The highest BCUT2D eigenvalue weighted by Crippen LogP contribution is 2.32. The van der Waals surface area contributed by atoms with E-state index in [2.05, 4.69) is 88.0 Å². The van der Waals surface area contributed by atoms with E-state index >= 15 is 0 Å². The first kappa shape index (κ1) is 13.8. The summed E-state index contributed by atoms with van der Waals surface area (Å²) in [5.74, 6) is 0. The van der Waals surface area contributed by atoms with Gasteiger partial charge in [0.15, 0.2) is 0 Å². The molecule has 0 nitrogen and oxygen atoms in total. The Morgan fingerprint density at radius 3 is 1.47 bits per heavy atom. The second-order valence-electron chi connectivity index (χ2n) is 3.60. The molecule has 0 saturated carbocycles. The SMILES string of the molecule is Brc1cccc(Cc2cccc(Br)c2Br)c1Br. The molecule has 88 valence electrons. The van der Waals surface area contributed by atoms with E-state index in [1.165, 1.54) is 11.1 Å². The van der Waals surface area contributed by atoms with Gasteiger partial charge in [-0.15, -0.1) is 0 Å². The van der Waals surface area contributed by atoms with Crippen molar-refractivity contribution in [1.29, 1.82) is 0 Å². The normalized spacial score (nSPS) is 10.6. The minimum atomic E-state index is 0.889. The molecule has 0 fully saturated rings. The van der Waals surface area contributed by atoms with Crippen molar-refractivity contribution in [3.8, 4) is 0 Å². The van der Waals surface area contributed by atoms with Crippen LogP contribution >= 0.6 is 63.7 Å². The molecule has 0 aromatic heterocycles. The molecule has 2 aromatic carbocycles. The molecule has 0 N–H and O–H groups in total. The molecule has 0 aliphatic heterocycles. The zero-order valence-electron chi connectivity index (χ0n) is 8.68. The number of benzene rings is 2. The summed E-state index contributed by atoms with van der Waals surface area (Å²) in [6.07, 6.45) is 0.889. The average Bonchev–Trinajstić information content (AvgIpc) is 2.31. The molecule has 0 heterocycles. The molecule has 0 spiro atoms. The summed E-state index contributed by atoms with van der Waals surface area (Å²) in [5.41, 5.74) is 2.52. The molecule has 0 aliphatic carbocycles. The van der Waals surface area contributed by atoms with Crippen molar-refractivity contribution in [2.45, 2.75) is 6.42 Å². The lowest BCUT2D eigenvalue weighted by Crippen LogP contribution is -1.92. The standard InChI is InChI=1S/C13H8Br4/c14-10-5-1-3-8(12(10)16)7-9-4-2-6-11(15)13(9)17/h1-6H,7H2. The van der Waals surface area contributed by atoms with Crippen LogP contribution in [-0.2, 0) is 6.42 Å². The molecule has 0 saturated heterocycles. The van der Waals surface area contributed by atoms with Gasteiger partial charge in [-0.3, -0.25) is 0 Å². The Labute approximate surface area is 134 Å². The molecule has 2 aromatic rings. The maximum atomic E-state index is 3.61. The third-order valence-electron chi connectivity index (χ3n) is 2.44. The third kappa shape index (κ3) is 3.22. The molecular formula is C13H8Br4. The largest absolute Gasteiger partial charge is 0.0608 e. The maximum Gasteiger partial charge on any atom is 0.0352 e. The van der Waals surface area contributed by atoms with E-state index in [1.807, 2.05) is 12.1 Å². The van der Waals surface area contributed by atoms with E-state index in [1.54, 1.807) is 0 Å². The number of hydrogen-bond acceptors (Lipinski definition) is 0. The summed E-state index contributed by atoms with van der Waals surface area (Å²) in [4.78, 5) is 0. The minimum absolute atomic E-state index is 0.889. The molecule has 4 heteroatoms. The number of halogens is 4. The van der Waals surface area contributed by atoms with E-state index < -0.39 is 0 Å². The fourth-order valence-corrected chi connectivity index (χ4v) is 3.20. The van der Waals surface area contributed by atoms with Crippen LogP contribution in [0.1, 0.15) is 11.1 Å². The molecule has 2 rings (SSSR count). The Bertz CT molecular complexity index is 500. The molecule has 0 amide bonds. The first-order valence-electron chi connectivity index (χ1n) is 4.95.